The van der Waals surface area contributed by atoms with E-state index in [0.29, 0.717) is 0 Å². The molecule has 0 atom stereocenters. The number of nitrogens with one attached hydrogen (secondary N) is 5. The molecule has 0 aliphatic carbocycles. The highest BCUT2D eigenvalue weighted by Gasteiger charge is 2.14. The van der Waals surface area contributed by atoms with E-state index in [2.05, 4.69) is 32.7 Å². The minimum Gasteiger partial charge on any atom is -0.386 e. The summed E-state index contributed by atoms with van der Waals surface area (Å²) in [6.07, 6.45) is 0. The van der Waals surface area contributed by atoms with Crippen LogP contribution in [-0.4, -0.2) is 35.2 Å². The molecule has 0 radical (unpaired) electrons. The monoisotopic (exact) mass is 223 g/mol. The van der Waals surface area contributed by atoms with E-state index in [9.17, 15) is 0 Å². The SMILES string of the molecule is CNc1cc(NC)c(NC)c(NC)c1NC. The van der Waals surface area contributed by atoms with E-state index in [1.54, 1.807) is 0 Å². The van der Waals surface area contributed by atoms with Crippen molar-refractivity contribution in [3.8, 4) is 0 Å². The van der Waals surface area contributed by atoms with Gasteiger partial charge >= 0.3 is 0 Å². The van der Waals surface area contributed by atoms with Crippen LogP contribution >= 0.6 is 0 Å². The van der Waals surface area contributed by atoms with Gasteiger partial charge in [-0.25, -0.2) is 0 Å². The molecule has 0 saturated heterocycles. The maximum atomic E-state index is 3.21. The van der Waals surface area contributed by atoms with Crippen LogP contribution in [0, 0.1) is 0 Å². The van der Waals surface area contributed by atoms with Gasteiger partial charge in [-0.15, -0.1) is 0 Å². The largest absolute Gasteiger partial charge is 0.386 e. The second-order valence-corrected chi connectivity index (χ2v) is 3.35. The molecular weight excluding hydrogens is 202 g/mol. The molecule has 1 rings (SSSR count). The smallest absolute Gasteiger partial charge is 0.0851 e. The second kappa shape index (κ2) is 5.34. The first-order chi connectivity index (χ1) is 7.73. The second-order valence-electron chi connectivity index (χ2n) is 3.35. The van der Waals surface area contributed by atoms with E-state index in [4.69, 9.17) is 0 Å². The Hall–Kier alpha value is -1.78. The first-order valence-electron chi connectivity index (χ1n) is 5.33. The van der Waals surface area contributed by atoms with Crippen molar-refractivity contribution in [2.45, 2.75) is 0 Å². The molecular formula is C11H21N5. The highest BCUT2D eigenvalue weighted by molar-refractivity contribution is 5.98. The van der Waals surface area contributed by atoms with E-state index in [1.165, 1.54) is 0 Å². The van der Waals surface area contributed by atoms with Gasteiger partial charge in [-0.2, -0.15) is 0 Å². The standard InChI is InChI=1S/C11H21N5/c1-12-7-6-8(13-2)10(15-4)11(16-5)9(7)14-3/h6,12-16H,1-5H3. The van der Waals surface area contributed by atoms with Crippen molar-refractivity contribution in [3.05, 3.63) is 6.07 Å². The summed E-state index contributed by atoms with van der Waals surface area (Å²) in [6.45, 7) is 0. The van der Waals surface area contributed by atoms with Crippen LogP contribution in [0.3, 0.4) is 0 Å². The summed E-state index contributed by atoms with van der Waals surface area (Å²) in [6, 6.07) is 2.07. The van der Waals surface area contributed by atoms with Gasteiger partial charge in [0, 0.05) is 35.2 Å². The Morgan fingerprint density at radius 1 is 0.562 bits per heavy atom. The molecule has 0 saturated carbocycles. The number of benzene rings is 1. The molecule has 1 aromatic rings. The zero-order valence-electron chi connectivity index (χ0n) is 10.6. The lowest BCUT2D eigenvalue weighted by molar-refractivity contribution is 1.38. The number of hydrogen-bond acceptors (Lipinski definition) is 5. The molecule has 16 heavy (non-hydrogen) atoms. The average molecular weight is 223 g/mol. The summed E-state index contributed by atoms with van der Waals surface area (Å²) in [7, 11) is 9.56. The van der Waals surface area contributed by atoms with Crippen LogP contribution in [0.25, 0.3) is 0 Å². The average Bonchev–Trinajstić information content (AvgIpc) is 2.35. The van der Waals surface area contributed by atoms with Crippen molar-refractivity contribution >= 4 is 28.4 Å². The Kier molecular flexibility index (Phi) is 4.10. The van der Waals surface area contributed by atoms with Crippen LogP contribution in [0.5, 0.6) is 0 Å². The van der Waals surface area contributed by atoms with Crippen LogP contribution in [0.15, 0.2) is 6.07 Å². The van der Waals surface area contributed by atoms with E-state index < -0.39 is 0 Å². The van der Waals surface area contributed by atoms with E-state index in [-0.39, 0.29) is 0 Å². The number of anilines is 5. The predicted molar refractivity (Wildman–Crippen MR) is 74.2 cm³/mol. The Balaban J connectivity index is 3.47. The third-order valence-corrected chi connectivity index (χ3v) is 2.62. The Labute approximate surface area is 97.0 Å². The lowest BCUT2D eigenvalue weighted by Crippen LogP contribution is -2.07. The Morgan fingerprint density at radius 3 is 1.19 bits per heavy atom. The first kappa shape index (κ1) is 12.3. The highest BCUT2D eigenvalue weighted by Crippen LogP contribution is 2.42. The zero-order chi connectivity index (χ0) is 12.1. The molecule has 0 heterocycles. The molecule has 0 bridgehead atoms. The van der Waals surface area contributed by atoms with Gasteiger partial charge in [-0.1, -0.05) is 0 Å². The van der Waals surface area contributed by atoms with Gasteiger partial charge in [-0.3, -0.25) is 0 Å². The van der Waals surface area contributed by atoms with E-state index in [0.717, 1.165) is 28.4 Å². The molecule has 5 heteroatoms. The molecule has 5 N–H and O–H groups in total. The molecule has 0 aliphatic heterocycles. The summed E-state index contributed by atoms with van der Waals surface area (Å²) in [5, 5.41) is 16.0. The van der Waals surface area contributed by atoms with Crippen molar-refractivity contribution in [2.75, 3.05) is 61.8 Å². The van der Waals surface area contributed by atoms with Crippen LogP contribution < -0.4 is 26.6 Å². The highest BCUT2D eigenvalue weighted by atomic mass is 15.0. The molecule has 0 unspecified atom stereocenters. The van der Waals surface area contributed by atoms with Crippen LogP contribution in [0.4, 0.5) is 28.4 Å². The van der Waals surface area contributed by atoms with Gasteiger partial charge in [-0.05, 0) is 6.07 Å². The molecule has 0 fully saturated rings. The van der Waals surface area contributed by atoms with E-state index in [1.807, 2.05) is 35.2 Å². The van der Waals surface area contributed by atoms with Crippen molar-refractivity contribution in [1.82, 2.24) is 0 Å². The van der Waals surface area contributed by atoms with Crippen LogP contribution in [0.2, 0.25) is 0 Å². The Bertz CT molecular complexity index is 332. The summed E-state index contributed by atoms with van der Waals surface area (Å²) in [5.41, 5.74) is 5.24. The minimum absolute atomic E-state index is 1.04. The summed E-state index contributed by atoms with van der Waals surface area (Å²) in [4.78, 5) is 0. The third-order valence-electron chi connectivity index (χ3n) is 2.62. The maximum absolute atomic E-state index is 3.21. The minimum atomic E-state index is 1.04. The van der Waals surface area contributed by atoms with Crippen molar-refractivity contribution in [3.63, 3.8) is 0 Å². The third kappa shape index (κ3) is 1.93. The summed E-state index contributed by atoms with van der Waals surface area (Å²) >= 11 is 0. The van der Waals surface area contributed by atoms with E-state index >= 15 is 0 Å². The van der Waals surface area contributed by atoms with Gasteiger partial charge in [0.25, 0.3) is 0 Å². The van der Waals surface area contributed by atoms with Gasteiger partial charge in [0.05, 0.1) is 28.4 Å². The fourth-order valence-corrected chi connectivity index (χ4v) is 1.85. The molecule has 0 amide bonds. The topological polar surface area (TPSA) is 60.1 Å². The molecule has 0 aliphatic rings. The van der Waals surface area contributed by atoms with Crippen molar-refractivity contribution in [2.24, 2.45) is 0 Å². The number of hydrogen-bond donors (Lipinski definition) is 5. The normalized spacial score (nSPS) is 9.56. The quantitative estimate of drug-likeness (QED) is 0.528. The molecule has 90 valence electrons. The van der Waals surface area contributed by atoms with Gasteiger partial charge < -0.3 is 26.6 Å². The molecule has 5 nitrogen and oxygen atoms in total. The fraction of sp³-hybridized carbons (Fsp3) is 0.455. The molecule has 0 aromatic heterocycles. The van der Waals surface area contributed by atoms with Crippen LogP contribution in [-0.2, 0) is 0 Å². The lowest BCUT2D eigenvalue weighted by Gasteiger charge is -2.21. The van der Waals surface area contributed by atoms with Gasteiger partial charge in [0.15, 0.2) is 0 Å². The lowest BCUT2D eigenvalue weighted by atomic mass is 10.1. The van der Waals surface area contributed by atoms with Crippen LogP contribution in [0.1, 0.15) is 0 Å². The zero-order valence-corrected chi connectivity index (χ0v) is 10.6. The summed E-state index contributed by atoms with van der Waals surface area (Å²) < 4.78 is 0. The molecule has 1 aromatic carbocycles. The number of rotatable bonds is 5. The fourth-order valence-electron chi connectivity index (χ4n) is 1.85. The van der Waals surface area contributed by atoms with Crippen molar-refractivity contribution in [1.29, 1.82) is 0 Å². The predicted octanol–water partition coefficient (Wildman–Crippen LogP) is 1.90. The Morgan fingerprint density at radius 2 is 0.938 bits per heavy atom. The first-order valence-corrected chi connectivity index (χ1v) is 5.33. The summed E-state index contributed by atoms with van der Waals surface area (Å²) in [5.74, 6) is 0. The van der Waals surface area contributed by atoms with Gasteiger partial charge in [0.1, 0.15) is 0 Å². The van der Waals surface area contributed by atoms with Crippen molar-refractivity contribution < 1.29 is 0 Å². The maximum Gasteiger partial charge on any atom is 0.0851 e. The molecule has 0 spiro atoms. The van der Waals surface area contributed by atoms with Gasteiger partial charge in [0.2, 0.25) is 0 Å².